The fourth-order valence-electron chi connectivity index (χ4n) is 4.66. The van der Waals surface area contributed by atoms with E-state index < -0.39 is 23.6 Å². The van der Waals surface area contributed by atoms with E-state index in [4.69, 9.17) is 9.47 Å². The van der Waals surface area contributed by atoms with Gasteiger partial charge in [-0.3, -0.25) is 9.48 Å². The highest BCUT2D eigenvalue weighted by atomic mass is 19.2. The first-order valence-corrected chi connectivity index (χ1v) is 12.8. The van der Waals surface area contributed by atoms with Gasteiger partial charge in [-0.25, -0.2) is 23.5 Å². The summed E-state index contributed by atoms with van der Waals surface area (Å²) in [7, 11) is 1.52. The van der Waals surface area contributed by atoms with Gasteiger partial charge in [-0.2, -0.15) is 5.10 Å². The van der Waals surface area contributed by atoms with E-state index in [1.807, 2.05) is 0 Å². The van der Waals surface area contributed by atoms with Crippen LogP contribution in [0.1, 0.15) is 19.3 Å². The van der Waals surface area contributed by atoms with Crippen molar-refractivity contribution in [1.29, 1.82) is 0 Å². The van der Waals surface area contributed by atoms with E-state index in [1.165, 1.54) is 41.3 Å². The average molecular weight is 568 g/mol. The minimum atomic E-state index is -1.15. The van der Waals surface area contributed by atoms with Crippen LogP contribution in [0.15, 0.2) is 49.1 Å². The summed E-state index contributed by atoms with van der Waals surface area (Å²) in [5.41, 5.74) is 0.746. The third kappa shape index (κ3) is 6.26. The van der Waals surface area contributed by atoms with Gasteiger partial charge in [-0.1, -0.05) is 6.07 Å². The largest absolute Gasteiger partial charge is 0.497 e. The molecule has 1 saturated heterocycles. The molecule has 2 aromatic heterocycles. The number of benzene rings is 2. The molecule has 1 aliphatic heterocycles. The third-order valence-electron chi connectivity index (χ3n) is 6.64. The Balaban J connectivity index is 1.34. The van der Waals surface area contributed by atoms with E-state index in [-0.39, 0.29) is 24.9 Å². The van der Waals surface area contributed by atoms with Crippen molar-refractivity contribution in [2.75, 3.05) is 30.9 Å². The van der Waals surface area contributed by atoms with Crippen molar-refractivity contribution in [3.8, 4) is 11.5 Å². The van der Waals surface area contributed by atoms with Crippen LogP contribution in [-0.2, 0) is 11.3 Å². The number of aromatic nitrogens is 4. The van der Waals surface area contributed by atoms with Crippen molar-refractivity contribution >= 4 is 40.1 Å². The van der Waals surface area contributed by atoms with Crippen molar-refractivity contribution < 1.29 is 33.0 Å². The lowest BCUT2D eigenvalue weighted by Gasteiger charge is -2.33. The maximum Gasteiger partial charge on any atom is 0.407 e. The number of likely N-dealkylation sites (tertiary alicyclic amines) is 1. The van der Waals surface area contributed by atoms with Gasteiger partial charge in [0.2, 0.25) is 5.91 Å². The number of nitrogens with zero attached hydrogens (tertiary/aromatic N) is 5. The molecule has 0 radical (unpaired) electrons. The van der Waals surface area contributed by atoms with Crippen LogP contribution in [0.25, 0.3) is 10.9 Å². The molecule has 2 aromatic carbocycles. The molecular weight excluding hydrogens is 540 g/mol. The standard InChI is InChI=1S/C27H27F2N7O5/c1-40-18-9-21-24(22(10-18)41-14-17-5-2-3-8-36(17)27(38)39)26(31-15-30-21)33-16-11-32-35(12-16)13-23(37)34-20-7-4-6-19(28)25(20)29/h4,6-7,9-12,15,17H,2-3,5,8,13-14H2,1H3,(H,34,37)(H,38,39)(H,30,31,33)/t17-/m1/s1. The van der Waals surface area contributed by atoms with Gasteiger partial charge in [0.05, 0.1) is 41.6 Å². The van der Waals surface area contributed by atoms with Gasteiger partial charge < -0.3 is 30.1 Å². The molecular formula is C27H27F2N7O5. The van der Waals surface area contributed by atoms with E-state index in [2.05, 4.69) is 25.7 Å². The Morgan fingerprint density at radius 2 is 2.05 bits per heavy atom. The summed E-state index contributed by atoms with van der Waals surface area (Å²) in [4.78, 5) is 34.2. The first-order chi connectivity index (χ1) is 19.8. The lowest BCUT2D eigenvalue weighted by molar-refractivity contribution is -0.116. The molecule has 0 spiro atoms. The number of hydrogen-bond donors (Lipinski definition) is 3. The van der Waals surface area contributed by atoms with Crippen molar-refractivity contribution in [2.24, 2.45) is 0 Å². The van der Waals surface area contributed by atoms with Crippen LogP contribution >= 0.6 is 0 Å². The fraction of sp³-hybridized carbons (Fsp3) is 0.296. The van der Waals surface area contributed by atoms with Crippen LogP contribution in [0, 0.1) is 11.6 Å². The topological polar surface area (TPSA) is 144 Å². The monoisotopic (exact) mass is 567 g/mol. The van der Waals surface area contributed by atoms with E-state index in [0.717, 1.165) is 18.9 Å². The number of carbonyl (C=O) groups excluding carboxylic acids is 1. The van der Waals surface area contributed by atoms with Gasteiger partial charge in [0.15, 0.2) is 11.6 Å². The number of anilines is 3. The molecule has 0 bridgehead atoms. The lowest BCUT2D eigenvalue weighted by Crippen LogP contribution is -2.46. The second-order valence-electron chi connectivity index (χ2n) is 9.38. The third-order valence-corrected chi connectivity index (χ3v) is 6.64. The molecule has 1 aliphatic rings. The Morgan fingerprint density at radius 3 is 2.85 bits per heavy atom. The van der Waals surface area contributed by atoms with Crippen molar-refractivity contribution in [3.63, 3.8) is 0 Å². The molecule has 3 N–H and O–H groups in total. The molecule has 41 heavy (non-hydrogen) atoms. The summed E-state index contributed by atoms with van der Waals surface area (Å²) in [6, 6.07) is 6.62. The summed E-state index contributed by atoms with van der Waals surface area (Å²) in [5, 5.41) is 19.7. The summed E-state index contributed by atoms with van der Waals surface area (Å²) < 4.78 is 40.2. The molecule has 0 saturated carbocycles. The number of halogens is 2. The molecule has 12 nitrogen and oxygen atoms in total. The highest BCUT2D eigenvalue weighted by Crippen LogP contribution is 2.36. The first kappa shape index (κ1) is 27.6. The van der Waals surface area contributed by atoms with Gasteiger partial charge in [0.25, 0.3) is 0 Å². The van der Waals surface area contributed by atoms with E-state index in [9.17, 15) is 23.5 Å². The molecule has 214 valence electrons. The van der Waals surface area contributed by atoms with Crippen molar-refractivity contribution in [3.05, 3.63) is 60.7 Å². The summed E-state index contributed by atoms with van der Waals surface area (Å²) in [6.07, 6.45) is 5.82. The minimum absolute atomic E-state index is 0.141. The number of carbonyl (C=O) groups is 2. The SMILES string of the molecule is COc1cc(OC[C@H]2CCCCN2C(=O)O)c2c(Nc3cnn(CC(=O)Nc4cccc(F)c4F)c3)ncnc2c1. The van der Waals surface area contributed by atoms with Crippen molar-refractivity contribution in [2.45, 2.75) is 31.8 Å². The quantitative estimate of drug-likeness (QED) is 0.268. The van der Waals surface area contributed by atoms with Gasteiger partial charge in [0, 0.05) is 24.9 Å². The maximum absolute atomic E-state index is 13.9. The van der Waals surface area contributed by atoms with E-state index >= 15 is 0 Å². The van der Waals surface area contributed by atoms with Crippen LogP contribution in [0.5, 0.6) is 11.5 Å². The zero-order chi connectivity index (χ0) is 28.9. The molecule has 14 heteroatoms. The number of methoxy groups -OCH3 is 1. The Labute approximate surface area is 232 Å². The lowest BCUT2D eigenvalue weighted by atomic mass is 10.0. The zero-order valence-corrected chi connectivity index (χ0v) is 22.0. The van der Waals surface area contributed by atoms with E-state index in [1.54, 1.807) is 18.3 Å². The Hall–Kier alpha value is -5.01. The van der Waals surface area contributed by atoms with Crippen LogP contribution < -0.4 is 20.1 Å². The Bertz CT molecular complexity index is 1580. The van der Waals surface area contributed by atoms with Crippen LogP contribution in [0.3, 0.4) is 0 Å². The molecule has 2 amide bonds. The van der Waals surface area contributed by atoms with Gasteiger partial charge in [0.1, 0.15) is 36.8 Å². The molecule has 3 heterocycles. The molecule has 0 unspecified atom stereocenters. The number of fused-ring (bicyclic) bond motifs is 1. The average Bonchev–Trinajstić information content (AvgIpc) is 3.40. The summed E-state index contributed by atoms with van der Waals surface area (Å²) in [5.74, 6) is -1.51. The molecule has 1 atom stereocenters. The first-order valence-electron chi connectivity index (χ1n) is 12.8. The molecule has 4 aromatic rings. The van der Waals surface area contributed by atoms with Gasteiger partial charge in [-0.05, 0) is 31.4 Å². The normalized spacial score (nSPS) is 15.0. The second kappa shape index (κ2) is 12.0. The van der Waals surface area contributed by atoms with Gasteiger partial charge in [-0.15, -0.1) is 0 Å². The number of piperidine rings is 1. The van der Waals surface area contributed by atoms with Crippen LogP contribution in [-0.4, -0.2) is 68.1 Å². The highest BCUT2D eigenvalue weighted by Gasteiger charge is 2.27. The zero-order valence-electron chi connectivity index (χ0n) is 22.0. The van der Waals surface area contributed by atoms with Crippen LogP contribution in [0.2, 0.25) is 0 Å². The minimum Gasteiger partial charge on any atom is -0.497 e. The summed E-state index contributed by atoms with van der Waals surface area (Å²) in [6.45, 7) is 0.342. The second-order valence-corrected chi connectivity index (χ2v) is 9.38. The number of ether oxygens (including phenoxy) is 2. The van der Waals surface area contributed by atoms with E-state index in [0.29, 0.717) is 46.9 Å². The Kier molecular flexibility index (Phi) is 8.08. The predicted molar refractivity (Wildman–Crippen MR) is 144 cm³/mol. The van der Waals surface area contributed by atoms with Gasteiger partial charge >= 0.3 is 6.09 Å². The molecule has 5 rings (SSSR count). The number of amides is 2. The number of carboxylic acid groups (broad SMARTS) is 1. The number of rotatable bonds is 9. The predicted octanol–water partition coefficient (Wildman–Crippen LogP) is 4.41. The van der Waals surface area contributed by atoms with Crippen LogP contribution in [0.4, 0.5) is 30.8 Å². The number of nitrogens with one attached hydrogen (secondary N) is 2. The van der Waals surface area contributed by atoms with Crippen molar-refractivity contribution in [1.82, 2.24) is 24.6 Å². The maximum atomic E-state index is 13.9. The molecule has 0 aliphatic carbocycles. The Morgan fingerprint density at radius 1 is 1.20 bits per heavy atom. The highest BCUT2D eigenvalue weighted by molar-refractivity contribution is 5.96. The fourth-order valence-corrected chi connectivity index (χ4v) is 4.66. The molecule has 1 fully saturated rings. The number of hydrogen-bond acceptors (Lipinski definition) is 8. The summed E-state index contributed by atoms with van der Waals surface area (Å²) >= 11 is 0. The smallest absolute Gasteiger partial charge is 0.407 e.